The summed E-state index contributed by atoms with van der Waals surface area (Å²) in [5, 5.41) is 13.8. The van der Waals surface area contributed by atoms with Gasteiger partial charge in [0.05, 0.1) is 12.6 Å². The zero-order valence-corrected chi connectivity index (χ0v) is 17.3. The minimum Gasteiger partial charge on any atom is -0.445 e. The monoisotopic (exact) mass is 421 g/mol. The number of hydrogen-bond acceptors (Lipinski definition) is 4. The summed E-state index contributed by atoms with van der Waals surface area (Å²) in [6, 6.07) is 16.4. The van der Waals surface area contributed by atoms with E-state index in [2.05, 4.69) is 10.3 Å². The SMILES string of the molecule is O=C(N[C@@H](CO)Cc1c[nH]c2ccccc12)[C@@H]1CCCN1C(=O)OCc1ccccc1. The lowest BCUT2D eigenvalue weighted by Crippen LogP contribution is -2.50. The van der Waals surface area contributed by atoms with Crippen molar-refractivity contribution in [3.8, 4) is 0 Å². The number of para-hydroxylation sites is 1. The van der Waals surface area contributed by atoms with Crippen molar-refractivity contribution in [3.05, 3.63) is 71.9 Å². The van der Waals surface area contributed by atoms with Crippen LogP contribution >= 0.6 is 0 Å². The highest BCUT2D eigenvalue weighted by Gasteiger charge is 2.35. The van der Waals surface area contributed by atoms with Gasteiger partial charge in [0.1, 0.15) is 12.6 Å². The number of benzene rings is 2. The van der Waals surface area contributed by atoms with Gasteiger partial charge in [-0.2, -0.15) is 0 Å². The fourth-order valence-electron chi connectivity index (χ4n) is 4.08. The second-order valence-electron chi connectivity index (χ2n) is 7.84. The molecule has 0 spiro atoms. The van der Waals surface area contributed by atoms with Crippen LogP contribution in [0.3, 0.4) is 0 Å². The summed E-state index contributed by atoms with van der Waals surface area (Å²) in [5.74, 6) is -0.256. The van der Waals surface area contributed by atoms with E-state index in [9.17, 15) is 14.7 Å². The fraction of sp³-hybridized carbons (Fsp3) is 0.333. The minimum absolute atomic E-state index is 0.171. The van der Waals surface area contributed by atoms with E-state index in [-0.39, 0.29) is 19.1 Å². The van der Waals surface area contributed by atoms with Crippen molar-refractivity contribution >= 4 is 22.9 Å². The number of carbonyl (C=O) groups excluding carboxylic acids is 2. The molecule has 2 heterocycles. The zero-order valence-electron chi connectivity index (χ0n) is 17.3. The Labute approximate surface area is 181 Å². The number of carbonyl (C=O) groups is 2. The lowest BCUT2D eigenvalue weighted by atomic mass is 10.0. The number of rotatable bonds is 7. The standard InChI is InChI=1S/C24H27N3O4/c28-15-19(13-18-14-25-21-10-5-4-9-20(18)21)26-23(29)22-11-6-12-27(22)24(30)31-16-17-7-2-1-3-8-17/h1-5,7-10,14,19,22,25,28H,6,11-13,15-16H2,(H,26,29)/t19-,22+/m1/s1. The maximum Gasteiger partial charge on any atom is 0.410 e. The highest BCUT2D eigenvalue weighted by Crippen LogP contribution is 2.21. The molecule has 0 saturated carbocycles. The molecule has 1 aliphatic rings. The predicted molar refractivity (Wildman–Crippen MR) is 117 cm³/mol. The van der Waals surface area contributed by atoms with E-state index >= 15 is 0 Å². The molecule has 1 saturated heterocycles. The molecule has 0 unspecified atom stereocenters. The van der Waals surface area contributed by atoms with E-state index in [1.54, 1.807) is 0 Å². The number of amides is 2. The second kappa shape index (κ2) is 9.66. The Kier molecular flexibility index (Phi) is 6.52. The second-order valence-corrected chi connectivity index (χ2v) is 7.84. The van der Waals surface area contributed by atoms with Gasteiger partial charge in [-0.25, -0.2) is 4.79 Å². The summed E-state index contributed by atoms with van der Waals surface area (Å²) < 4.78 is 5.41. The van der Waals surface area contributed by atoms with Gasteiger partial charge in [-0.1, -0.05) is 48.5 Å². The van der Waals surface area contributed by atoms with Gasteiger partial charge >= 0.3 is 6.09 Å². The van der Waals surface area contributed by atoms with Gasteiger partial charge in [0, 0.05) is 23.6 Å². The number of nitrogens with one attached hydrogen (secondary N) is 2. The number of ether oxygens (including phenoxy) is 1. The molecule has 2 amide bonds. The van der Waals surface area contributed by atoms with Gasteiger partial charge in [-0.15, -0.1) is 0 Å². The van der Waals surface area contributed by atoms with Crippen LogP contribution in [0.2, 0.25) is 0 Å². The van der Waals surface area contributed by atoms with E-state index in [1.807, 2.05) is 60.8 Å². The number of aliphatic hydroxyl groups is 1. The Balaban J connectivity index is 1.36. The fourth-order valence-corrected chi connectivity index (χ4v) is 4.08. The van der Waals surface area contributed by atoms with Crippen molar-refractivity contribution in [1.29, 1.82) is 0 Å². The number of hydrogen-bond donors (Lipinski definition) is 3. The molecule has 0 aliphatic carbocycles. The summed E-state index contributed by atoms with van der Waals surface area (Å²) in [7, 11) is 0. The third kappa shape index (κ3) is 4.88. The first kappa shape index (κ1) is 20.9. The Morgan fingerprint density at radius 2 is 1.94 bits per heavy atom. The zero-order chi connectivity index (χ0) is 21.6. The van der Waals surface area contributed by atoms with Crippen molar-refractivity contribution in [1.82, 2.24) is 15.2 Å². The van der Waals surface area contributed by atoms with E-state index in [0.29, 0.717) is 19.4 Å². The first-order valence-electron chi connectivity index (χ1n) is 10.6. The van der Waals surface area contributed by atoms with E-state index in [1.165, 1.54) is 4.90 Å². The number of aromatic amines is 1. The Morgan fingerprint density at radius 1 is 1.16 bits per heavy atom. The van der Waals surface area contributed by atoms with Gasteiger partial charge in [0.2, 0.25) is 5.91 Å². The van der Waals surface area contributed by atoms with Crippen LogP contribution in [0, 0.1) is 0 Å². The van der Waals surface area contributed by atoms with Gasteiger partial charge in [0.25, 0.3) is 0 Å². The molecule has 31 heavy (non-hydrogen) atoms. The summed E-state index contributed by atoms with van der Waals surface area (Å²) >= 11 is 0. The summed E-state index contributed by atoms with van der Waals surface area (Å²) in [5.41, 5.74) is 2.94. The van der Waals surface area contributed by atoms with Crippen LogP contribution in [0.15, 0.2) is 60.8 Å². The van der Waals surface area contributed by atoms with Gasteiger partial charge < -0.3 is 20.1 Å². The Hall–Kier alpha value is -3.32. The van der Waals surface area contributed by atoms with Crippen LogP contribution in [0.5, 0.6) is 0 Å². The van der Waals surface area contributed by atoms with Crippen molar-refractivity contribution in [2.24, 2.45) is 0 Å². The predicted octanol–water partition coefficient (Wildman–Crippen LogP) is 2.99. The third-order valence-corrected chi connectivity index (χ3v) is 5.70. The number of fused-ring (bicyclic) bond motifs is 1. The van der Waals surface area contributed by atoms with Gasteiger partial charge in [-0.3, -0.25) is 9.69 Å². The summed E-state index contributed by atoms with van der Waals surface area (Å²) in [6.07, 6.45) is 3.24. The molecule has 7 heteroatoms. The molecule has 3 N–H and O–H groups in total. The van der Waals surface area contributed by atoms with Crippen molar-refractivity contribution in [2.45, 2.75) is 38.0 Å². The molecule has 0 radical (unpaired) electrons. The van der Waals surface area contributed by atoms with Crippen molar-refractivity contribution in [2.75, 3.05) is 13.2 Å². The molecule has 3 aromatic rings. The molecule has 1 fully saturated rings. The van der Waals surface area contributed by atoms with Crippen LogP contribution in [0.4, 0.5) is 4.79 Å². The van der Waals surface area contributed by atoms with Crippen LogP contribution < -0.4 is 5.32 Å². The maximum absolute atomic E-state index is 12.9. The molecule has 2 aromatic carbocycles. The van der Waals surface area contributed by atoms with E-state index in [0.717, 1.165) is 28.5 Å². The largest absolute Gasteiger partial charge is 0.445 e. The molecule has 4 rings (SSSR count). The lowest BCUT2D eigenvalue weighted by molar-refractivity contribution is -0.126. The lowest BCUT2D eigenvalue weighted by Gasteiger charge is -2.25. The number of likely N-dealkylation sites (tertiary alicyclic amines) is 1. The first-order valence-corrected chi connectivity index (χ1v) is 10.6. The van der Waals surface area contributed by atoms with Crippen LogP contribution in [-0.2, 0) is 22.6 Å². The normalized spacial score (nSPS) is 16.9. The average molecular weight is 421 g/mol. The highest BCUT2D eigenvalue weighted by atomic mass is 16.6. The minimum atomic E-state index is -0.583. The van der Waals surface area contributed by atoms with Crippen LogP contribution in [0.25, 0.3) is 10.9 Å². The smallest absolute Gasteiger partial charge is 0.410 e. The Morgan fingerprint density at radius 3 is 2.74 bits per heavy atom. The number of aliphatic hydroxyl groups excluding tert-OH is 1. The molecule has 2 atom stereocenters. The summed E-state index contributed by atoms with van der Waals surface area (Å²) in [6.45, 7) is 0.471. The average Bonchev–Trinajstić information content (AvgIpc) is 3.45. The topological polar surface area (TPSA) is 94.7 Å². The maximum atomic E-state index is 12.9. The van der Waals surface area contributed by atoms with Crippen LogP contribution in [0.1, 0.15) is 24.0 Å². The third-order valence-electron chi connectivity index (χ3n) is 5.70. The van der Waals surface area contributed by atoms with Crippen molar-refractivity contribution < 1.29 is 19.4 Å². The molecule has 7 nitrogen and oxygen atoms in total. The summed E-state index contributed by atoms with van der Waals surface area (Å²) in [4.78, 5) is 30.2. The molecular formula is C24H27N3O4. The van der Waals surface area contributed by atoms with E-state index in [4.69, 9.17) is 4.74 Å². The molecule has 1 aromatic heterocycles. The number of nitrogens with zero attached hydrogens (tertiary/aromatic N) is 1. The molecule has 162 valence electrons. The number of H-pyrrole nitrogens is 1. The van der Waals surface area contributed by atoms with Crippen LogP contribution in [-0.4, -0.2) is 52.2 Å². The quantitative estimate of drug-likeness (QED) is 0.547. The molecule has 1 aliphatic heterocycles. The molecular weight excluding hydrogens is 394 g/mol. The van der Waals surface area contributed by atoms with Crippen molar-refractivity contribution in [3.63, 3.8) is 0 Å². The molecule has 0 bridgehead atoms. The first-order chi connectivity index (χ1) is 15.2. The number of aromatic nitrogens is 1. The van der Waals surface area contributed by atoms with Gasteiger partial charge in [0.15, 0.2) is 0 Å². The highest BCUT2D eigenvalue weighted by molar-refractivity contribution is 5.87. The van der Waals surface area contributed by atoms with E-state index < -0.39 is 18.2 Å². The van der Waals surface area contributed by atoms with Gasteiger partial charge in [-0.05, 0) is 36.5 Å². The Bertz CT molecular complexity index is 1030.